The number of ether oxygens (including phenoxy) is 1. The number of halogens is 2. The number of rotatable bonds is 1. The van der Waals surface area contributed by atoms with Crippen LogP contribution < -0.4 is 0 Å². The zero-order valence-electron chi connectivity index (χ0n) is 10.4. The number of hydrogen-bond donors (Lipinski definition) is 0. The fourth-order valence-corrected chi connectivity index (χ4v) is 2.39. The highest BCUT2D eigenvalue weighted by atomic mass is 35.5. The zero-order valence-corrected chi connectivity index (χ0v) is 11.9. The maximum atomic E-state index is 12.4. The van der Waals surface area contributed by atoms with Crippen LogP contribution in [0.1, 0.15) is 24.2 Å². The van der Waals surface area contributed by atoms with Crippen molar-refractivity contribution in [3.63, 3.8) is 0 Å². The van der Waals surface area contributed by atoms with Crippen LogP contribution in [-0.2, 0) is 4.74 Å². The molecular formula is C13H15Cl2NO2. The van der Waals surface area contributed by atoms with Crippen molar-refractivity contribution in [1.29, 1.82) is 0 Å². The van der Waals surface area contributed by atoms with Gasteiger partial charge in [-0.15, -0.1) is 0 Å². The summed E-state index contributed by atoms with van der Waals surface area (Å²) in [6.07, 6.45) is 0. The van der Waals surface area contributed by atoms with Crippen molar-refractivity contribution < 1.29 is 9.53 Å². The van der Waals surface area contributed by atoms with Crippen LogP contribution in [0.4, 0.5) is 0 Å². The minimum Gasteiger partial charge on any atom is -0.372 e. The quantitative estimate of drug-likeness (QED) is 0.794. The van der Waals surface area contributed by atoms with E-state index in [1.807, 2.05) is 13.8 Å². The van der Waals surface area contributed by atoms with Crippen molar-refractivity contribution in [2.45, 2.75) is 19.4 Å². The van der Waals surface area contributed by atoms with E-state index in [9.17, 15) is 4.79 Å². The molecule has 1 saturated heterocycles. The van der Waals surface area contributed by atoms with Gasteiger partial charge in [-0.3, -0.25) is 4.79 Å². The normalized spacial score (nSPS) is 18.8. The average molecular weight is 288 g/mol. The molecule has 0 radical (unpaired) electrons. The topological polar surface area (TPSA) is 29.5 Å². The van der Waals surface area contributed by atoms with E-state index >= 15 is 0 Å². The molecule has 98 valence electrons. The van der Waals surface area contributed by atoms with Crippen LogP contribution in [0.5, 0.6) is 0 Å². The molecule has 0 atom stereocenters. The summed E-state index contributed by atoms with van der Waals surface area (Å²) < 4.78 is 5.58. The lowest BCUT2D eigenvalue weighted by atomic mass is 10.1. The molecule has 1 aromatic carbocycles. The van der Waals surface area contributed by atoms with Gasteiger partial charge in [-0.1, -0.05) is 23.2 Å². The third-order valence-corrected chi connectivity index (χ3v) is 3.44. The smallest absolute Gasteiger partial charge is 0.255 e. The monoisotopic (exact) mass is 287 g/mol. The van der Waals surface area contributed by atoms with Crippen LogP contribution in [-0.4, -0.2) is 36.1 Å². The average Bonchev–Trinajstić information content (AvgIpc) is 2.30. The summed E-state index contributed by atoms with van der Waals surface area (Å²) in [5, 5.41) is 0.934. The van der Waals surface area contributed by atoms with Crippen molar-refractivity contribution in [3.8, 4) is 0 Å². The summed E-state index contributed by atoms with van der Waals surface area (Å²) in [7, 11) is 0. The Balaban J connectivity index is 2.23. The van der Waals surface area contributed by atoms with E-state index in [-0.39, 0.29) is 11.5 Å². The number of carbonyl (C=O) groups is 1. The molecule has 1 heterocycles. The van der Waals surface area contributed by atoms with Crippen LogP contribution in [0, 0.1) is 0 Å². The first-order valence-electron chi connectivity index (χ1n) is 5.77. The van der Waals surface area contributed by atoms with E-state index in [0.717, 1.165) is 0 Å². The number of nitrogens with zero attached hydrogens (tertiary/aromatic N) is 1. The molecule has 0 bridgehead atoms. The number of benzene rings is 1. The second kappa shape index (κ2) is 5.08. The van der Waals surface area contributed by atoms with Crippen LogP contribution in [0.2, 0.25) is 10.0 Å². The van der Waals surface area contributed by atoms with Gasteiger partial charge in [0.15, 0.2) is 0 Å². The predicted molar refractivity (Wildman–Crippen MR) is 72.4 cm³/mol. The molecule has 0 spiro atoms. The standard InChI is InChI=1S/C13H15Cl2NO2/c1-13(2)8-16(5-6-18-13)12(17)10-7-9(14)3-4-11(10)15/h3-4,7H,5-6,8H2,1-2H3. The van der Waals surface area contributed by atoms with E-state index in [4.69, 9.17) is 27.9 Å². The van der Waals surface area contributed by atoms with Gasteiger partial charge in [0.1, 0.15) is 0 Å². The highest BCUT2D eigenvalue weighted by Gasteiger charge is 2.31. The van der Waals surface area contributed by atoms with E-state index in [2.05, 4.69) is 0 Å². The molecule has 0 aromatic heterocycles. The van der Waals surface area contributed by atoms with Gasteiger partial charge in [0, 0.05) is 18.1 Å². The van der Waals surface area contributed by atoms with Crippen LogP contribution >= 0.6 is 23.2 Å². The molecule has 0 unspecified atom stereocenters. The van der Waals surface area contributed by atoms with Gasteiger partial charge in [0.25, 0.3) is 5.91 Å². The van der Waals surface area contributed by atoms with Gasteiger partial charge in [0.05, 0.1) is 22.8 Å². The van der Waals surface area contributed by atoms with E-state index < -0.39 is 0 Å². The van der Waals surface area contributed by atoms with Crippen molar-refractivity contribution >= 4 is 29.1 Å². The van der Waals surface area contributed by atoms with Crippen molar-refractivity contribution in [2.24, 2.45) is 0 Å². The molecule has 1 aliphatic heterocycles. The van der Waals surface area contributed by atoms with Crippen molar-refractivity contribution in [2.75, 3.05) is 19.7 Å². The summed E-state index contributed by atoms with van der Waals surface area (Å²) in [5.74, 6) is -0.0983. The first kappa shape index (κ1) is 13.7. The fourth-order valence-electron chi connectivity index (χ4n) is 2.02. The molecule has 1 fully saturated rings. The number of morpholine rings is 1. The van der Waals surface area contributed by atoms with E-state index in [0.29, 0.717) is 35.3 Å². The molecule has 1 aromatic rings. The van der Waals surface area contributed by atoms with Crippen LogP contribution in [0.25, 0.3) is 0 Å². The Morgan fingerprint density at radius 1 is 1.39 bits per heavy atom. The van der Waals surface area contributed by atoms with Crippen molar-refractivity contribution in [1.82, 2.24) is 4.90 Å². The van der Waals surface area contributed by atoms with Gasteiger partial charge in [-0.2, -0.15) is 0 Å². The highest BCUT2D eigenvalue weighted by molar-refractivity contribution is 6.35. The van der Waals surface area contributed by atoms with Gasteiger partial charge < -0.3 is 9.64 Å². The van der Waals surface area contributed by atoms with Crippen LogP contribution in [0.15, 0.2) is 18.2 Å². The zero-order chi connectivity index (χ0) is 13.3. The van der Waals surface area contributed by atoms with Gasteiger partial charge in [-0.05, 0) is 32.0 Å². The minimum absolute atomic E-state index is 0.0983. The first-order chi connectivity index (χ1) is 8.39. The molecule has 1 aliphatic rings. The Hall–Kier alpha value is -0.770. The third kappa shape index (κ3) is 2.97. The van der Waals surface area contributed by atoms with E-state index in [1.165, 1.54) is 0 Å². The lowest BCUT2D eigenvalue weighted by Crippen LogP contribution is -2.50. The van der Waals surface area contributed by atoms with Gasteiger partial charge >= 0.3 is 0 Å². The Labute approximate surface area is 117 Å². The number of amides is 1. The maximum Gasteiger partial charge on any atom is 0.255 e. The molecule has 5 heteroatoms. The first-order valence-corrected chi connectivity index (χ1v) is 6.53. The molecule has 3 nitrogen and oxygen atoms in total. The fraction of sp³-hybridized carbons (Fsp3) is 0.462. The third-order valence-electron chi connectivity index (χ3n) is 2.87. The molecule has 0 saturated carbocycles. The Bertz CT molecular complexity index is 474. The minimum atomic E-state index is -0.320. The molecule has 2 rings (SSSR count). The van der Waals surface area contributed by atoms with Crippen LogP contribution in [0.3, 0.4) is 0 Å². The largest absolute Gasteiger partial charge is 0.372 e. The van der Waals surface area contributed by atoms with Gasteiger partial charge in [-0.25, -0.2) is 0 Å². The second-order valence-electron chi connectivity index (χ2n) is 4.96. The SMILES string of the molecule is CC1(C)CN(C(=O)c2cc(Cl)ccc2Cl)CCO1. The Morgan fingerprint density at radius 2 is 2.11 bits per heavy atom. The van der Waals surface area contributed by atoms with Gasteiger partial charge in [0.2, 0.25) is 0 Å². The lowest BCUT2D eigenvalue weighted by molar-refractivity contribution is -0.0763. The summed E-state index contributed by atoms with van der Waals surface area (Å²) >= 11 is 11.9. The number of carbonyl (C=O) groups excluding carboxylic acids is 1. The molecule has 0 N–H and O–H groups in total. The second-order valence-corrected chi connectivity index (χ2v) is 5.80. The summed E-state index contributed by atoms with van der Waals surface area (Å²) in [5.41, 5.74) is 0.126. The molecule has 1 amide bonds. The van der Waals surface area contributed by atoms with E-state index in [1.54, 1.807) is 23.1 Å². The summed E-state index contributed by atoms with van der Waals surface area (Å²) in [6, 6.07) is 4.92. The number of hydrogen-bond acceptors (Lipinski definition) is 2. The Morgan fingerprint density at radius 3 is 2.78 bits per heavy atom. The molecular weight excluding hydrogens is 273 g/mol. The molecule has 18 heavy (non-hydrogen) atoms. The molecule has 0 aliphatic carbocycles. The predicted octanol–water partition coefficient (Wildman–Crippen LogP) is 3.24. The lowest BCUT2D eigenvalue weighted by Gasteiger charge is -2.38. The summed E-state index contributed by atoms with van der Waals surface area (Å²) in [6.45, 7) is 5.59. The Kier molecular flexibility index (Phi) is 3.85. The summed E-state index contributed by atoms with van der Waals surface area (Å²) in [4.78, 5) is 14.1. The maximum absolute atomic E-state index is 12.4. The highest BCUT2D eigenvalue weighted by Crippen LogP contribution is 2.24. The van der Waals surface area contributed by atoms with Crippen molar-refractivity contribution in [3.05, 3.63) is 33.8 Å².